The third-order valence-corrected chi connectivity index (χ3v) is 10.1. The fraction of sp³-hybridized carbons (Fsp3) is 0.810. The fourth-order valence-corrected chi connectivity index (χ4v) is 6.53. The van der Waals surface area contributed by atoms with Crippen LogP contribution >= 0.6 is 7.82 Å². The number of epoxide rings is 1. The first kappa shape index (κ1) is 50.2. The van der Waals surface area contributed by atoms with E-state index < -0.39 is 51.8 Å². The van der Waals surface area contributed by atoms with E-state index in [1.807, 2.05) is 12.2 Å². The Labute approximate surface area is 326 Å². The van der Waals surface area contributed by atoms with Gasteiger partial charge in [-0.1, -0.05) is 134 Å². The van der Waals surface area contributed by atoms with Crippen LogP contribution in [0.5, 0.6) is 0 Å². The van der Waals surface area contributed by atoms with Gasteiger partial charge in [0, 0.05) is 12.8 Å². The Morgan fingerprint density at radius 3 is 1.91 bits per heavy atom. The summed E-state index contributed by atoms with van der Waals surface area (Å²) in [6.45, 7) is 4.57. The number of phosphoric acid groups is 1. The predicted molar refractivity (Wildman–Crippen MR) is 214 cm³/mol. The molecular formula is C42H75O11P. The summed E-state index contributed by atoms with van der Waals surface area (Å²) in [5, 5.41) is 18.3. The van der Waals surface area contributed by atoms with Gasteiger partial charge in [-0.05, 0) is 57.3 Å². The van der Waals surface area contributed by atoms with Crippen molar-refractivity contribution in [3.63, 3.8) is 0 Å². The summed E-state index contributed by atoms with van der Waals surface area (Å²) < 4.78 is 38.4. The normalized spacial score (nSPS) is 18.1. The zero-order chi connectivity index (χ0) is 39.7. The highest BCUT2D eigenvalue weighted by Crippen LogP contribution is 2.43. The largest absolute Gasteiger partial charge is 0.472 e. The van der Waals surface area contributed by atoms with E-state index in [-0.39, 0.29) is 19.4 Å². The molecule has 0 spiro atoms. The van der Waals surface area contributed by atoms with Gasteiger partial charge in [-0.2, -0.15) is 0 Å². The lowest BCUT2D eigenvalue weighted by Crippen LogP contribution is -2.29. The number of aliphatic hydroxyl groups is 2. The summed E-state index contributed by atoms with van der Waals surface area (Å²) in [6.07, 6.45) is 33.0. The topological polar surface area (TPSA) is 161 Å². The van der Waals surface area contributed by atoms with Gasteiger partial charge in [-0.25, -0.2) is 4.57 Å². The number of ether oxygens (including phenoxy) is 3. The van der Waals surface area contributed by atoms with Gasteiger partial charge in [0.2, 0.25) is 0 Å². The smallest absolute Gasteiger partial charge is 0.462 e. The minimum atomic E-state index is -4.63. The Hall–Kier alpha value is -1.85. The highest BCUT2D eigenvalue weighted by Gasteiger charge is 2.36. The van der Waals surface area contributed by atoms with E-state index in [1.54, 1.807) is 0 Å². The van der Waals surface area contributed by atoms with Gasteiger partial charge in [0.15, 0.2) is 6.10 Å². The molecule has 0 amide bonds. The van der Waals surface area contributed by atoms with E-state index in [9.17, 15) is 24.2 Å². The second-order valence-corrected chi connectivity index (χ2v) is 16.3. The number of esters is 2. The first-order valence-corrected chi connectivity index (χ1v) is 22.4. The van der Waals surface area contributed by atoms with E-state index >= 15 is 0 Å². The molecule has 0 aliphatic carbocycles. The number of carbonyl (C=O) groups excluding carboxylic acids is 2. The molecule has 0 bridgehead atoms. The van der Waals surface area contributed by atoms with Gasteiger partial charge in [0.1, 0.15) is 12.7 Å². The number of aliphatic hydroxyl groups excluding tert-OH is 2. The van der Waals surface area contributed by atoms with Crippen molar-refractivity contribution in [3.05, 3.63) is 36.5 Å². The molecule has 3 unspecified atom stereocenters. The lowest BCUT2D eigenvalue weighted by molar-refractivity contribution is -0.161. The van der Waals surface area contributed by atoms with E-state index in [2.05, 4.69) is 49.6 Å². The Balaban J connectivity index is 2.31. The van der Waals surface area contributed by atoms with E-state index in [1.165, 1.54) is 64.2 Å². The maximum absolute atomic E-state index is 12.6. The molecule has 5 atom stereocenters. The fourth-order valence-electron chi connectivity index (χ4n) is 5.74. The van der Waals surface area contributed by atoms with E-state index in [4.69, 9.17) is 23.8 Å². The Kier molecular flexibility index (Phi) is 30.9. The van der Waals surface area contributed by atoms with Crippen molar-refractivity contribution in [2.24, 2.45) is 5.92 Å². The van der Waals surface area contributed by atoms with Crippen molar-refractivity contribution >= 4 is 19.8 Å². The zero-order valence-corrected chi connectivity index (χ0v) is 34.7. The first-order valence-electron chi connectivity index (χ1n) is 20.9. The monoisotopic (exact) mass is 787 g/mol. The van der Waals surface area contributed by atoms with Gasteiger partial charge in [-0.3, -0.25) is 18.6 Å². The number of rotatable bonds is 37. The Morgan fingerprint density at radius 1 is 0.704 bits per heavy atom. The van der Waals surface area contributed by atoms with Gasteiger partial charge >= 0.3 is 19.8 Å². The summed E-state index contributed by atoms with van der Waals surface area (Å²) in [5.74, 6) is -0.211. The van der Waals surface area contributed by atoms with Crippen LogP contribution in [0.2, 0.25) is 0 Å². The molecule has 0 aromatic heterocycles. The van der Waals surface area contributed by atoms with Gasteiger partial charge in [0.25, 0.3) is 0 Å². The molecule has 54 heavy (non-hydrogen) atoms. The Morgan fingerprint density at radius 2 is 1.26 bits per heavy atom. The summed E-state index contributed by atoms with van der Waals surface area (Å²) in [6, 6.07) is 0. The summed E-state index contributed by atoms with van der Waals surface area (Å²) in [5.41, 5.74) is 0. The molecule has 0 aromatic rings. The average Bonchev–Trinajstić information content (AvgIpc) is 3.90. The van der Waals surface area contributed by atoms with Gasteiger partial charge in [-0.15, -0.1) is 0 Å². The minimum Gasteiger partial charge on any atom is -0.462 e. The summed E-state index contributed by atoms with van der Waals surface area (Å²) in [7, 11) is -4.63. The maximum atomic E-state index is 12.6. The Bertz CT molecular complexity index is 1080. The lowest BCUT2D eigenvalue weighted by atomic mass is 10.0. The van der Waals surface area contributed by atoms with Crippen LogP contribution in [0.15, 0.2) is 36.5 Å². The molecule has 1 rings (SSSR count). The number of unbranched alkanes of at least 4 members (excludes halogenated alkanes) is 13. The molecule has 1 aliphatic heterocycles. The van der Waals surface area contributed by atoms with Crippen LogP contribution < -0.4 is 0 Å². The molecule has 12 heteroatoms. The van der Waals surface area contributed by atoms with E-state index in [0.29, 0.717) is 31.5 Å². The third-order valence-electron chi connectivity index (χ3n) is 9.13. The van der Waals surface area contributed by atoms with Crippen LogP contribution in [0.3, 0.4) is 0 Å². The SMILES string of the molecule is CCCCC/C=C\CC1OC1C/C=C\C/C=C\CCCC(=O)O[C@H](COC(=O)CCCCCCCCCCCCC(C)C)COP(=O)(O)OC[C@@H](O)CO. The van der Waals surface area contributed by atoms with Crippen molar-refractivity contribution < 1.29 is 52.5 Å². The van der Waals surface area contributed by atoms with Crippen LogP contribution in [-0.4, -0.2) is 77.9 Å². The summed E-state index contributed by atoms with van der Waals surface area (Å²) in [4.78, 5) is 34.9. The molecule has 1 saturated heterocycles. The number of hydrogen-bond donors (Lipinski definition) is 3. The van der Waals surface area contributed by atoms with Crippen molar-refractivity contribution in [1.82, 2.24) is 0 Å². The van der Waals surface area contributed by atoms with Crippen LogP contribution in [0, 0.1) is 5.92 Å². The quantitative estimate of drug-likeness (QED) is 0.0181. The molecule has 0 saturated carbocycles. The number of phosphoric ester groups is 1. The van der Waals surface area contributed by atoms with Crippen molar-refractivity contribution in [3.8, 4) is 0 Å². The summed E-state index contributed by atoms with van der Waals surface area (Å²) >= 11 is 0. The maximum Gasteiger partial charge on any atom is 0.472 e. The molecule has 1 aliphatic rings. The first-order chi connectivity index (χ1) is 26.1. The number of carbonyl (C=O) groups is 2. The lowest BCUT2D eigenvalue weighted by Gasteiger charge is -2.20. The van der Waals surface area contributed by atoms with Crippen LogP contribution in [0.4, 0.5) is 0 Å². The van der Waals surface area contributed by atoms with Crippen molar-refractivity contribution in [2.45, 2.75) is 186 Å². The molecule has 11 nitrogen and oxygen atoms in total. The molecule has 314 valence electrons. The zero-order valence-electron chi connectivity index (χ0n) is 33.8. The number of hydrogen-bond acceptors (Lipinski definition) is 10. The molecule has 3 N–H and O–H groups in total. The van der Waals surface area contributed by atoms with Crippen LogP contribution in [0.1, 0.15) is 162 Å². The van der Waals surface area contributed by atoms with Crippen molar-refractivity contribution in [1.29, 1.82) is 0 Å². The third kappa shape index (κ3) is 31.4. The molecule has 0 aromatic carbocycles. The average molecular weight is 787 g/mol. The highest BCUT2D eigenvalue weighted by atomic mass is 31.2. The van der Waals surface area contributed by atoms with Gasteiger partial charge < -0.3 is 29.3 Å². The van der Waals surface area contributed by atoms with Crippen molar-refractivity contribution in [2.75, 3.05) is 26.4 Å². The van der Waals surface area contributed by atoms with E-state index in [0.717, 1.165) is 50.9 Å². The molecular weight excluding hydrogens is 711 g/mol. The molecule has 1 fully saturated rings. The number of allylic oxidation sites excluding steroid dienone is 4. The molecule has 1 heterocycles. The standard InChI is InChI=1S/C42H75O11P/c1-4-5-6-7-18-23-28-39-40(53-39)29-24-19-14-12-16-21-26-31-42(46)52-38(35-51-54(47,48)50-33-37(44)32-43)34-49-41(45)30-25-20-15-11-9-8-10-13-17-22-27-36(2)3/h12,16,18-19,23-24,36-40,43-44H,4-11,13-15,17,20-22,25-35H2,1-3H3,(H,47,48)/b16-12-,23-18-,24-19-/t37-,38+,39?,40?/m0/s1. The van der Waals surface area contributed by atoms with Gasteiger partial charge in [0.05, 0.1) is 32.0 Å². The second kappa shape index (κ2) is 33.3. The highest BCUT2D eigenvalue weighted by molar-refractivity contribution is 7.47. The molecule has 0 radical (unpaired) electrons. The van der Waals surface area contributed by atoms with Crippen LogP contribution in [-0.2, 0) is 37.4 Å². The predicted octanol–water partition coefficient (Wildman–Crippen LogP) is 9.62. The second-order valence-electron chi connectivity index (χ2n) is 14.9. The minimum absolute atomic E-state index is 0.103. The van der Waals surface area contributed by atoms with Crippen LogP contribution in [0.25, 0.3) is 0 Å².